The summed E-state index contributed by atoms with van der Waals surface area (Å²) in [6.07, 6.45) is 1.20. The smallest absolute Gasteiger partial charge is 0.259 e. The van der Waals surface area contributed by atoms with Crippen LogP contribution in [0.1, 0.15) is 54.4 Å². The first kappa shape index (κ1) is 13.1. The van der Waals surface area contributed by atoms with E-state index in [1.807, 2.05) is 13.8 Å². The van der Waals surface area contributed by atoms with Gasteiger partial charge >= 0.3 is 0 Å². The van der Waals surface area contributed by atoms with Gasteiger partial charge in [0.1, 0.15) is 5.56 Å². The summed E-state index contributed by atoms with van der Waals surface area (Å²) >= 11 is 0. The summed E-state index contributed by atoms with van der Waals surface area (Å²) < 4.78 is 5.24. The number of nitrogens with zero attached hydrogens (tertiary/aromatic N) is 2. The topological polar surface area (TPSA) is 66.6 Å². The second-order valence-corrected chi connectivity index (χ2v) is 5.21. The van der Waals surface area contributed by atoms with Crippen LogP contribution in [0.15, 0.2) is 4.52 Å². The van der Waals surface area contributed by atoms with E-state index in [-0.39, 0.29) is 11.8 Å². The molecule has 0 spiro atoms. The molecule has 1 aromatic rings. The van der Waals surface area contributed by atoms with Gasteiger partial charge in [-0.15, -0.1) is 0 Å². The van der Waals surface area contributed by atoms with Gasteiger partial charge in [0.05, 0.1) is 11.8 Å². The first-order valence-corrected chi connectivity index (χ1v) is 6.44. The van der Waals surface area contributed by atoms with E-state index in [4.69, 9.17) is 4.52 Å². The Morgan fingerprint density at radius 2 is 2.28 bits per heavy atom. The number of carbonyl (C=O) groups is 1. The van der Waals surface area contributed by atoms with Crippen LogP contribution < -0.4 is 0 Å². The third kappa shape index (κ3) is 2.41. The zero-order valence-electron chi connectivity index (χ0n) is 11.1. The summed E-state index contributed by atoms with van der Waals surface area (Å²) in [7, 11) is 0. The van der Waals surface area contributed by atoms with Crippen molar-refractivity contribution in [2.75, 3.05) is 13.1 Å². The standard InChI is InChI=1S/C13H20N2O3/c1-8(2)12-11(9(3)14-18-12)13(17)15-6-4-5-10(16)7-15/h8,10,16H,4-7H2,1-3H3. The lowest BCUT2D eigenvalue weighted by molar-refractivity contribution is 0.0471. The number of rotatable bonds is 2. The van der Waals surface area contributed by atoms with Crippen LogP contribution in [0.2, 0.25) is 0 Å². The van der Waals surface area contributed by atoms with E-state index < -0.39 is 6.10 Å². The van der Waals surface area contributed by atoms with Crippen LogP contribution in [-0.2, 0) is 0 Å². The molecule has 0 aliphatic carbocycles. The van der Waals surface area contributed by atoms with Crippen LogP contribution in [0, 0.1) is 6.92 Å². The number of aliphatic hydroxyl groups excluding tert-OH is 1. The first-order chi connectivity index (χ1) is 8.50. The van der Waals surface area contributed by atoms with Crippen LogP contribution >= 0.6 is 0 Å². The van der Waals surface area contributed by atoms with E-state index >= 15 is 0 Å². The Morgan fingerprint density at radius 1 is 1.56 bits per heavy atom. The van der Waals surface area contributed by atoms with E-state index in [1.165, 1.54) is 0 Å². The third-order valence-electron chi connectivity index (χ3n) is 3.31. The number of hydrogen-bond donors (Lipinski definition) is 1. The van der Waals surface area contributed by atoms with Crippen molar-refractivity contribution in [1.82, 2.24) is 10.1 Å². The predicted octanol–water partition coefficient (Wildman–Crippen LogP) is 1.70. The van der Waals surface area contributed by atoms with Crippen LogP contribution in [0.4, 0.5) is 0 Å². The maximum absolute atomic E-state index is 12.5. The van der Waals surface area contributed by atoms with Crippen LogP contribution in [-0.4, -0.2) is 40.3 Å². The fraction of sp³-hybridized carbons (Fsp3) is 0.692. The van der Waals surface area contributed by atoms with Gasteiger partial charge in [-0.3, -0.25) is 4.79 Å². The fourth-order valence-corrected chi connectivity index (χ4v) is 2.34. The molecule has 18 heavy (non-hydrogen) atoms. The molecule has 1 aromatic heterocycles. The average molecular weight is 252 g/mol. The van der Waals surface area contributed by atoms with Crippen molar-refractivity contribution in [1.29, 1.82) is 0 Å². The normalized spacial score (nSPS) is 20.5. The molecule has 0 aromatic carbocycles. The Bertz CT molecular complexity index is 439. The summed E-state index contributed by atoms with van der Waals surface area (Å²) in [6, 6.07) is 0. The Balaban J connectivity index is 2.25. The maximum atomic E-state index is 12.5. The molecule has 1 fully saturated rings. The number of β-amino-alcohol motifs (C(OH)–C–C–N with tert-alkyl or cyclic N) is 1. The Morgan fingerprint density at radius 3 is 2.89 bits per heavy atom. The van der Waals surface area contributed by atoms with Crippen LogP contribution in [0.3, 0.4) is 0 Å². The summed E-state index contributed by atoms with van der Waals surface area (Å²) in [4.78, 5) is 14.2. The number of hydrogen-bond acceptors (Lipinski definition) is 4. The van der Waals surface area contributed by atoms with Gasteiger partial charge in [0.25, 0.3) is 5.91 Å². The molecular weight excluding hydrogens is 232 g/mol. The Labute approximate surface area is 107 Å². The molecule has 0 saturated carbocycles. The number of aliphatic hydroxyl groups is 1. The van der Waals surface area contributed by atoms with Crippen LogP contribution in [0.25, 0.3) is 0 Å². The minimum atomic E-state index is -0.412. The van der Waals surface area contributed by atoms with E-state index in [0.29, 0.717) is 30.1 Å². The number of amides is 1. The summed E-state index contributed by atoms with van der Waals surface area (Å²) in [5, 5.41) is 13.5. The van der Waals surface area contributed by atoms with Crippen molar-refractivity contribution in [2.24, 2.45) is 0 Å². The Kier molecular flexibility index (Phi) is 3.71. The number of aromatic nitrogens is 1. The zero-order chi connectivity index (χ0) is 13.3. The molecule has 1 aliphatic heterocycles. The molecule has 1 aliphatic rings. The zero-order valence-corrected chi connectivity index (χ0v) is 11.1. The van der Waals surface area contributed by atoms with Gasteiger partial charge in [0.15, 0.2) is 5.76 Å². The molecule has 5 nitrogen and oxygen atoms in total. The summed E-state index contributed by atoms with van der Waals surface area (Å²) in [5.41, 5.74) is 1.20. The lowest BCUT2D eigenvalue weighted by Gasteiger charge is -2.30. The van der Waals surface area contributed by atoms with Gasteiger partial charge in [-0.05, 0) is 19.8 Å². The summed E-state index contributed by atoms with van der Waals surface area (Å²) in [6.45, 7) is 6.82. The van der Waals surface area contributed by atoms with Gasteiger partial charge in [0, 0.05) is 19.0 Å². The van der Waals surface area contributed by atoms with Crippen LogP contribution in [0.5, 0.6) is 0 Å². The van der Waals surface area contributed by atoms with E-state index in [2.05, 4.69) is 5.16 Å². The maximum Gasteiger partial charge on any atom is 0.259 e. The number of likely N-dealkylation sites (tertiary alicyclic amines) is 1. The lowest BCUT2D eigenvalue weighted by Crippen LogP contribution is -2.42. The second-order valence-electron chi connectivity index (χ2n) is 5.21. The highest BCUT2D eigenvalue weighted by Crippen LogP contribution is 2.24. The van der Waals surface area contributed by atoms with Gasteiger partial charge in [-0.2, -0.15) is 0 Å². The number of aryl methyl sites for hydroxylation is 1. The van der Waals surface area contributed by atoms with Gasteiger partial charge in [-0.1, -0.05) is 19.0 Å². The predicted molar refractivity (Wildman–Crippen MR) is 66.5 cm³/mol. The SMILES string of the molecule is Cc1noc(C(C)C)c1C(=O)N1CCCC(O)C1. The molecule has 1 saturated heterocycles. The highest BCUT2D eigenvalue weighted by Gasteiger charge is 2.29. The molecule has 2 rings (SSSR count). The molecule has 1 N–H and O–H groups in total. The number of carbonyl (C=O) groups excluding carboxylic acids is 1. The molecule has 100 valence electrons. The first-order valence-electron chi connectivity index (χ1n) is 6.44. The molecule has 1 amide bonds. The number of piperidine rings is 1. The second kappa shape index (κ2) is 5.10. The minimum Gasteiger partial charge on any atom is -0.391 e. The van der Waals surface area contributed by atoms with Crippen molar-refractivity contribution in [3.05, 3.63) is 17.0 Å². The average Bonchev–Trinajstić information content (AvgIpc) is 2.70. The largest absolute Gasteiger partial charge is 0.391 e. The Hall–Kier alpha value is -1.36. The van der Waals surface area contributed by atoms with Crippen molar-refractivity contribution >= 4 is 5.91 Å². The molecule has 0 bridgehead atoms. The van der Waals surface area contributed by atoms with Crippen molar-refractivity contribution in [3.63, 3.8) is 0 Å². The monoisotopic (exact) mass is 252 g/mol. The highest BCUT2D eigenvalue weighted by atomic mass is 16.5. The van der Waals surface area contributed by atoms with E-state index in [0.717, 1.165) is 12.8 Å². The molecule has 0 radical (unpaired) electrons. The molecule has 1 atom stereocenters. The molecular formula is C13H20N2O3. The van der Waals surface area contributed by atoms with Crippen molar-refractivity contribution in [3.8, 4) is 0 Å². The van der Waals surface area contributed by atoms with E-state index in [9.17, 15) is 9.90 Å². The summed E-state index contributed by atoms with van der Waals surface area (Å²) in [5.74, 6) is 0.689. The van der Waals surface area contributed by atoms with Gasteiger partial charge in [0.2, 0.25) is 0 Å². The van der Waals surface area contributed by atoms with E-state index in [1.54, 1.807) is 11.8 Å². The van der Waals surface area contributed by atoms with Crippen molar-refractivity contribution < 1.29 is 14.4 Å². The van der Waals surface area contributed by atoms with Gasteiger partial charge < -0.3 is 14.5 Å². The highest BCUT2D eigenvalue weighted by molar-refractivity contribution is 5.96. The molecule has 5 heteroatoms. The third-order valence-corrected chi connectivity index (χ3v) is 3.31. The molecule has 2 heterocycles. The lowest BCUT2D eigenvalue weighted by atomic mass is 10.0. The minimum absolute atomic E-state index is 0.0730. The fourth-order valence-electron chi connectivity index (χ4n) is 2.34. The quantitative estimate of drug-likeness (QED) is 0.870. The van der Waals surface area contributed by atoms with Gasteiger partial charge in [-0.25, -0.2) is 0 Å². The molecule has 1 unspecified atom stereocenters. The van der Waals surface area contributed by atoms with Crippen molar-refractivity contribution in [2.45, 2.75) is 45.6 Å².